The van der Waals surface area contributed by atoms with Crippen molar-refractivity contribution in [2.75, 3.05) is 6.61 Å². The van der Waals surface area contributed by atoms with E-state index in [0.29, 0.717) is 11.1 Å². The third-order valence-electron chi connectivity index (χ3n) is 3.11. The van der Waals surface area contributed by atoms with Gasteiger partial charge >= 0.3 is 0 Å². The molecule has 0 saturated heterocycles. The Balaban J connectivity index is 2.42. The molecule has 3 nitrogen and oxygen atoms in total. The molecule has 6 heteroatoms. The lowest BCUT2D eigenvalue weighted by Crippen LogP contribution is -2.29. The van der Waals surface area contributed by atoms with E-state index in [2.05, 4.69) is 29.0 Å². The predicted molar refractivity (Wildman–Crippen MR) is 87.8 cm³/mol. The SMILES string of the molecule is C[SiH](C)OCC(c1ccc(F)cc1)n1cccc(Br)c1=O. The maximum atomic E-state index is 13.1. The van der Waals surface area contributed by atoms with Crippen LogP contribution in [0.4, 0.5) is 4.39 Å². The van der Waals surface area contributed by atoms with Crippen LogP contribution in [0.25, 0.3) is 0 Å². The van der Waals surface area contributed by atoms with E-state index in [0.717, 1.165) is 5.56 Å². The molecule has 0 N–H and O–H groups in total. The van der Waals surface area contributed by atoms with E-state index in [1.54, 1.807) is 35.0 Å². The summed E-state index contributed by atoms with van der Waals surface area (Å²) in [6.07, 6.45) is 1.73. The molecular weight excluding hydrogens is 353 g/mol. The molecule has 0 aliphatic rings. The highest BCUT2D eigenvalue weighted by atomic mass is 79.9. The molecule has 0 bridgehead atoms. The van der Waals surface area contributed by atoms with E-state index in [9.17, 15) is 9.18 Å². The summed E-state index contributed by atoms with van der Waals surface area (Å²) in [5.74, 6) is -0.293. The van der Waals surface area contributed by atoms with Gasteiger partial charge in [0.1, 0.15) is 5.82 Å². The number of rotatable bonds is 5. The van der Waals surface area contributed by atoms with Crippen LogP contribution in [0, 0.1) is 5.82 Å². The fourth-order valence-electron chi connectivity index (χ4n) is 2.03. The van der Waals surface area contributed by atoms with E-state index in [1.807, 2.05) is 0 Å². The van der Waals surface area contributed by atoms with Crippen molar-refractivity contribution < 1.29 is 8.82 Å². The summed E-state index contributed by atoms with van der Waals surface area (Å²) >= 11 is 3.25. The molecule has 2 rings (SSSR count). The van der Waals surface area contributed by atoms with Crippen molar-refractivity contribution >= 4 is 25.0 Å². The van der Waals surface area contributed by atoms with Gasteiger partial charge in [0.2, 0.25) is 0 Å². The third kappa shape index (κ3) is 4.12. The van der Waals surface area contributed by atoms with Crippen molar-refractivity contribution in [2.24, 2.45) is 0 Å². The minimum absolute atomic E-state index is 0.124. The average Bonchev–Trinajstić information content (AvgIpc) is 2.45. The molecule has 1 aromatic heterocycles. The van der Waals surface area contributed by atoms with Gasteiger partial charge in [0.15, 0.2) is 9.04 Å². The molecule has 0 spiro atoms. The summed E-state index contributed by atoms with van der Waals surface area (Å²) in [6, 6.07) is 9.44. The van der Waals surface area contributed by atoms with Crippen LogP contribution in [-0.2, 0) is 4.43 Å². The van der Waals surface area contributed by atoms with Crippen LogP contribution in [0.3, 0.4) is 0 Å². The quantitative estimate of drug-likeness (QED) is 0.756. The molecule has 0 aliphatic heterocycles. The summed E-state index contributed by atoms with van der Waals surface area (Å²) < 4.78 is 21.0. The number of hydrogen-bond donors (Lipinski definition) is 0. The lowest BCUT2D eigenvalue weighted by atomic mass is 10.1. The minimum atomic E-state index is -1.21. The monoisotopic (exact) mass is 369 g/mol. The number of aromatic nitrogens is 1. The topological polar surface area (TPSA) is 31.2 Å². The molecule has 21 heavy (non-hydrogen) atoms. The zero-order valence-corrected chi connectivity index (χ0v) is 14.7. The number of benzene rings is 1. The first-order chi connectivity index (χ1) is 9.99. The van der Waals surface area contributed by atoms with Crippen LogP contribution < -0.4 is 5.56 Å². The van der Waals surface area contributed by atoms with Crippen LogP contribution >= 0.6 is 15.9 Å². The highest BCUT2D eigenvalue weighted by Crippen LogP contribution is 2.19. The van der Waals surface area contributed by atoms with Crippen molar-refractivity contribution in [2.45, 2.75) is 19.1 Å². The Morgan fingerprint density at radius 3 is 2.57 bits per heavy atom. The molecule has 0 amide bonds. The first-order valence-corrected chi connectivity index (χ1v) is 10.3. The van der Waals surface area contributed by atoms with Gasteiger partial charge in [-0.05, 0) is 58.9 Å². The zero-order chi connectivity index (χ0) is 15.4. The van der Waals surface area contributed by atoms with E-state index < -0.39 is 9.04 Å². The normalized spacial score (nSPS) is 12.6. The fraction of sp³-hybridized carbons (Fsp3) is 0.267. The second-order valence-electron chi connectivity index (χ2n) is 5.02. The van der Waals surface area contributed by atoms with E-state index in [-0.39, 0.29) is 17.4 Å². The summed E-state index contributed by atoms with van der Waals surface area (Å²) in [5.41, 5.74) is 0.729. The summed E-state index contributed by atoms with van der Waals surface area (Å²) in [5, 5.41) is 0. The Labute approximate surface area is 133 Å². The van der Waals surface area contributed by atoms with Gasteiger partial charge in [-0.3, -0.25) is 4.79 Å². The van der Waals surface area contributed by atoms with Gasteiger partial charge in [0.05, 0.1) is 17.1 Å². The lowest BCUT2D eigenvalue weighted by Gasteiger charge is -2.22. The Bertz CT molecular complexity index is 657. The smallest absolute Gasteiger partial charge is 0.265 e. The van der Waals surface area contributed by atoms with Crippen molar-refractivity contribution in [1.82, 2.24) is 4.57 Å². The van der Waals surface area contributed by atoms with Gasteiger partial charge < -0.3 is 8.99 Å². The molecule has 1 atom stereocenters. The summed E-state index contributed by atoms with van der Waals surface area (Å²) in [7, 11) is -1.21. The van der Waals surface area contributed by atoms with Crippen molar-refractivity contribution in [3.63, 3.8) is 0 Å². The van der Waals surface area contributed by atoms with E-state index in [4.69, 9.17) is 4.43 Å². The van der Waals surface area contributed by atoms with Gasteiger partial charge in [-0.1, -0.05) is 12.1 Å². The van der Waals surface area contributed by atoms with Gasteiger partial charge in [-0.15, -0.1) is 0 Å². The Morgan fingerprint density at radius 1 is 1.29 bits per heavy atom. The number of halogens is 2. The van der Waals surface area contributed by atoms with Crippen LogP contribution in [0.5, 0.6) is 0 Å². The lowest BCUT2D eigenvalue weighted by molar-refractivity contribution is 0.274. The van der Waals surface area contributed by atoms with Crippen LogP contribution in [0.2, 0.25) is 13.1 Å². The molecule has 1 unspecified atom stereocenters. The van der Waals surface area contributed by atoms with Gasteiger partial charge in [-0.25, -0.2) is 4.39 Å². The highest BCUT2D eigenvalue weighted by Gasteiger charge is 2.17. The van der Waals surface area contributed by atoms with E-state index >= 15 is 0 Å². The molecule has 0 radical (unpaired) electrons. The second kappa shape index (κ2) is 7.15. The van der Waals surface area contributed by atoms with Crippen LogP contribution in [-0.4, -0.2) is 20.2 Å². The molecule has 1 aromatic carbocycles. The fourth-order valence-corrected chi connectivity index (χ4v) is 2.96. The molecule has 0 aliphatic carbocycles. The van der Waals surface area contributed by atoms with Crippen molar-refractivity contribution in [1.29, 1.82) is 0 Å². The molecule has 112 valence electrons. The van der Waals surface area contributed by atoms with Gasteiger partial charge in [0, 0.05) is 6.20 Å². The molecular formula is C15H17BrFNO2Si. The Morgan fingerprint density at radius 2 is 1.95 bits per heavy atom. The second-order valence-corrected chi connectivity index (χ2v) is 8.30. The molecule has 0 saturated carbocycles. The maximum absolute atomic E-state index is 13.1. The average molecular weight is 370 g/mol. The van der Waals surface area contributed by atoms with Crippen molar-refractivity contribution in [3.8, 4) is 0 Å². The van der Waals surface area contributed by atoms with Crippen LogP contribution in [0.15, 0.2) is 51.9 Å². The summed E-state index contributed by atoms with van der Waals surface area (Å²) in [6.45, 7) is 4.56. The largest absolute Gasteiger partial charge is 0.418 e. The van der Waals surface area contributed by atoms with Crippen molar-refractivity contribution in [3.05, 3.63) is 68.8 Å². The predicted octanol–water partition coefficient (Wildman–Crippen LogP) is 3.34. The standard InChI is InChI=1S/C15H17BrFNO2Si/c1-21(2)20-10-14(11-5-7-12(17)8-6-11)18-9-3-4-13(16)15(18)19/h3-9,14,21H,10H2,1-2H3. The molecule has 1 heterocycles. The molecule has 2 aromatic rings. The third-order valence-corrected chi connectivity index (χ3v) is 4.57. The minimum Gasteiger partial charge on any atom is -0.418 e. The van der Waals surface area contributed by atoms with Crippen LogP contribution in [0.1, 0.15) is 11.6 Å². The number of nitrogens with zero attached hydrogens (tertiary/aromatic N) is 1. The summed E-state index contributed by atoms with van der Waals surface area (Å²) in [4.78, 5) is 12.3. The molecule has 0 fully saturated rings. The number of pyridine rings is 1. The Hall–Kier alpha value is -1.24. The number of hydrogen-bond acceptors (Lipinski definition) is 2. The zero-order valence-electron chi connectivity index (χ0n) is 11.9. The highest BCUT2D eigenvalue weighted by molar-refractivity contribution is 9.10. The first kappa shape index (κ1) is 16.1. The van der Waals surface area contributed by atoms with Gasteiger partial charge in [-0.2, -0.15) is 0 Å². The Kier molecular flexibility index (Phi) is 5.49. The maximum Gasteiger partial charge on any atom is 0.265 e. The first-order valence-electron chi connectivity index (χ1n) is 6.72. The van der Waals surface area contributed by atoms with E-state index in [1.165, 1.54) is 12.1 Å². The van der Waals surface area contributed by atoms with Gasteiger partial charge in [0.25, 0.3) is 5.56 Å².